The van der Waals surface area contributed by atoms with E-state index in [0.717, 1.165) is 25.7 Å². The molecule has 0 aromatic heterocycles. The lowest BCUT2D eigenvalue weighted by Crippen LogP contribution is -2.10. The van der Waals surface area contributed by atoms with Gasteiger partial charge in [0.05, 0.1) is 11.1 Å². The fraction of sp³-hybridized carbons (Fsp3) is 0.400. The van der Waals surface area contributed by atoms with E-state index >= 15 is 0 Å². The molecule has 0 bridgehead atoms. The van der Waals surface area contributed by atoms with E-state index in [4.69, 9.17) is 5.11 Å². The third kappa shape index (κ3) is 4.33. The van der Waals surface area contributed by atoms with Crippen LogP contribution in [0.1, 0.15) is 51.0 Å². The first-order chi connectivity index (χ1) is 13.6. The highest BCUT2D eigenvalue weighted by molar-refractivity contribution is 5.68. The molecule has 0 amide bonds. The Kier molecular flexibility index (Phi) is 7.48. The Morgan fingerprint density at radius 1 is 0.517 bits per heavy atom. The Labute approximate surface area is 162 Å². The summed E-state index contributed by atoms with van der Waals surface area (Å²) in [6.45, 7) is 2.00. The molecule has 0 heterocycles. The molecule has 0 aliphatic heterocycles. The normalized spacial score (nSPS) is 11.3. The second-order valence-electron chi connectivity index (χ2n) is 6.61. The summed E-state index contributed by atoms with van der Waals surface area (Å²) in [7, 11) is 0. The quantitative estimate of drug-likeness (QED) is 0.272. The lowest BCUT2D eigenvalue weighted by molar-refractivity contribution is 0.357. The largest absolute Gasteiger partial charge is 0.503 e. The van der Waals surface area contributed by atoms with Crippen LogP contribution >= 0.6 is 0 Å². The van der Waals surface area contributed by atoms with Crippen molar-refractivity contribution in [3.63, 3.8) is 0 Å². The Balaban J connectivity index is 2.48. The number of hydrogen-bond acceptors (Lipinski definition) is 1. The molecule has 0 unspecified atom stereocenters. The average molecular weight is 426 g/mol. The van der Waals surface area contributed by atoms with E-state index in [1.807, 2.05) is 6.92 Å². The SMILES string of the molecule is CCCCCCCCc1c(F)c(F)c(-c2c(F)c(F)c(O)c(F)c2F)c(F)c1F. The molecular weight excluding hydrogens is 408 g/mol. The summed E-state index contributed by atoms with van der Waals surface area (Å²) >= 11 is 0. The topological polar surface area (TPSA) is 20.2 Å². The molecule has 1 N–H and O–H groups in total. The van der Waals surface area contributed by atoms with Gasteiger partial charge in [0.25, 0.3) is 0 Å². The minimum absolute atomic E-state index is 0.209. The molecule has 0 fully saturated rings. The average Bonchev–Trinajstić information content (AvgIpc) is 2.70. The summed E-state index contributed by atoms with van der Waals surface area (Å²) in [4.78, 5) is 0. The number of phenolic OH excluding ortho intramolecular Hbond substituents is 1. The van der Waals surface area contributed by atoms with E-state index in [0.29, 0.717) is 6.42 Å². The molecule has 160 valence electrons. The van der Waals surface area contributed by atoms with Crippen LogP contribution in [0.25, 0.3) is 11.1 Å². The van der Waals surface area contributed by atoms with Crippen LogP contribution in [0, 0.1) is 46.5 Å². The van der Waals surface area contributed by atoms with Gasteiger partial charge in [-0.2, -0.15) is 8.78 Å². The van der Waals surface area contributed by atoms with Crippen molar-refractivity contribution in [3.05, 3.63) is 52.1 Å². The summed E-state index contributed by atoms with van der Waals surface area (Å²) in [5.41, 5.74) is -4.88. The first-order valence-corrected chi connectivity index (χ1v) is 9.05. The first-order valence-electron chi connectivity index (χ1n) is 9.05. The van der Waals surface area contributed by atoms with Crippen molar-refractivity contribution in [2.45, 2.75) is 51.9 Å². The zero-order valence-electron chi connectivity index (χ0n) is 15.4. The molecule has 0 radical (unpaired) electrons. The Bertz CT molecular complexity index is 852. The van der Waals surface area contributed by atoms with Crippen LogP contribution in [0.4, 0.5) is 35.1 Å². The molecule has 0 saturated heterocycles. The van der Waals surface area contributed by atoms with E-state index in [1.54, 1.807) is 0 Å². The van der Waals surface area contributed by atoms with Crippen LogP contribution in [0.3, 0.4) is 0 Å². The van der Waals surface area contributed by atoms with E-state index < -0.39 is 69.0 Å². The van der Waals surface area contributed by atoms with Gasteiger partial charge < -0.3 is 5.11 Å². The molecule has 29 heavy (non-hydrogen) atoms. The van der Waals surface area contributed by atoms with Gasteiger partial charge in [-0.05, 0) is 12.8 Å². The fourth-order valence-corrected chi connectivity index (χ4v) is 3.04. The third-order valence-corrected chi connectivity index (χ3v) is 4.62. The summed E-state index contributed by atoms with van der Waals surface area (Å²) in [5, 5.41) is 8.94. The minimum atomic E-state index is -2.39. The van der Waals surface area contributed by atoms with Gasteiger partial charge in [0.15, 0.2) is 40.7 Å². The van der Waals surface area contributed by atoms with E-state index in [9.17, 15) is 35.1 Å². The van der Waals surface area contributed by atoms with Crippen LogP contribution < -0.4 is 0 Å². The molecule has 0 saturated carbocycles. The van der Waals surface area contributed by atoms with Crippen molar-refractivity contribution in [1.29, 1.82) is 0 Å². The maximum Gasteiger partial charge on any atom is 0.204 e. The number of rotatable bonds is 8. The molecule has 2 aromatic rings. The lowest BCUT2D eigenvalue weighted by Gasteiger charge is -2.14. The van der Waals surface area contributed by atoms with E-state index in [-0.39, 0.29) is 12.8 Å². The van der Waals surface area contributed by atoms with Gasteiger partial charge in [0, 0.05) is 5.56 Å². The molecule has 0 aliphatic carbocycles. The third-order valence-electron chi connectivity index (χ3n) is 4.62. The number of benzene rings is 2. The predicted molar refractivity (Wildman–Crippen MR) is 90.3 cm³/mol. The highest BCUT2D eigenvalue weighted by Gasteiger charge is 2.33. The van der Waals surface area contributed by atoms with Gasteiger partial charge >= 0.3 is 0 Å². The Morgan fingerprint density at radius 3 is 1.34 bits per heavy atom. The summed E-state index contributed by atoms with van der Waals surface area (Å²) < 4.78 is 112. The number of aromatic hydroxyl groups is 1. The van der Waals surface area contributed by atoms with E-state index in [1.165, 1.54) is 0 Å². The van der Waals surface area contributed by atoms with Crippen LogP contribution in [0.2, 0.25) is 0 Å². The van der Waals surface area contributed by atoms with Crippen molar-refractivity contribution < 1.29 is 40.2 Å². The maximum atomic E-state index is 14.4. The summed E-state index contributed by atoms with van der Waals surface area (Å²) in [5.74, 6) is -19.7. The van der Waals surface area contributed by atoms with Crippen molar-refractivity contribution >= 4 is 0 Å². The van der Waals surface area contributed by atoms with Crippen LogP contribution in [0.5, 0.6) is 5.75 Å². The molecule has 9 heteroatoms. The van der Waals surface area contributed by atoms with Gasteiger partial charge in [-0.25, -0.2) is 26.3 Å². The number of hydrogen-bond donors (Lipinski definition) is 1. The smallest absolute Gasteiger partial charge is 0.204 e. The fourth-order valence-electron chi connectivity index (χ4n) is 3.04. The predicted octanol–water partition coefficient (Wildman–Crippen LogP) is 7.08. The lowest BCUT2D eigenvalue weighted by atomic mass is 9.96. The van der Waals surface area contributed by atoms with Crippen molar-refractivity contribution in [2.75, 3.05) is 0 Å². The molecule has 2 rings (SSSR count). The summed E-state index contributed by atoms with van der Waals surface area (Å²) in [6, 6.07) is 0. The highest BCUT2D eigenvalue weighted by atomic mass is 19.2. The van der Waals surface area contributed by atoms with Gasteiger partial charge in [-0.1, -0.05) is 39.0 Å². The molecule has 1 nitrogen and oxygen atoms in total. The Hall–Kier alpha value is -2.32. The van der Waals surface area contributed by atoms with Crippen molar-refractivity contribution in [1.82, 2.24) is 0 Å². The highest BCUT2D eigenvalue weighted by Crippen LogP contribution is 2.39. The van der Waals surface area contributed by atoms with Gasteiger partial charge in [-0.3, -0.25) is 0 Å². The number of phenols is 1. The molecular formula is C20H18F8O. The monoisotopic (exact) mass is 426 g/mol. The van der Waals surface area contributed by atoms with Gasteiger partial charge in [-0.15, -0.1) is 0 Å². The van der Waals surface area contributed by atoms with Crippen LogP contribution in [-0.2, 0) is 6.42 Å². The van der Waals surface area contributed by atoms with E-state index in [2.05, 4.69) is 0 Å². The summed E-state index contributed by atoms with van der Waals surface area (Å²) in [6.07, 6.45) is 3.97. The number of halogens is 8. The molecule has 0 atom stereocenters. The Morgan fingerprint density at radius 2 is 0.897 bits per heavy atom. The van der Waals surface area contributed by atoms with Gasteiger partial charge in [0.2, 0.25) is 11.6 Å². The maximum absolute atomic E-state index is 14.4. The second kappa shape index (κ2) is 9.45. The minimum Gasteiger partial charge on any atom is -0.503 e. The molecule has 2 aromatic carbocycles. The van der Waals surface area contributed by atoms with Gasteiger partial charge in [0.1, 0.15) is 0 Å². The van der Waals surface area contributed by atoms with Crippen molar-refractivity contribution in [3.8, 4) is 16.9 Å². The second-order valence-corrected chi connectivity index (χ2v) is 6.61. The van der Waals surface area contributed by atoms with Crippen molar-refractivity contribution in [2.24, 2.45) is 0 Å². The van der Waals surface area contributed by atoms with Crippen LogP contribution in [0.15, 0.2) is 0 Å². The standard InChI is InChI=1S/C20H18F8O/c1-2-3-4-5-6-7-8-9-12(21)14(23)10(15(24)13(9)22)11-16(25)18(27)20(29)19(28)17(11)26/h29H,2-8H2,1H3. The zero-order valence-corrected chi connectivity index (χ0v) is 15.4. The zero-order chi connectivity index (χ0) is 21.9. The first kappa shape index (κ1) is 23.0. The number of unbranched alkanes of at least 4 members (excludes halogenated alkanes) is 5. The molecule has 0 aliphatic rings. The van der Waals surface area contributed by atoms with Crippen LogP contribution in [-0.4, -0.2) is 5.11 Å². The molecule has 0 spiro atoms.